The lowest BCUT2D eigenvalue weighted by atomic mass is 10.1. The lowest BCUT2D eigenvalue weighted by molar-refractivity contribution is -0.137. The zero-order chi connectivity index (χ0) is 17.3. The average molecular weight is 331 g/mol. The van der Waals surface area contributed by atoms with E-state index < -0.39 is 18.1 Å². The van der Waals surface area contributed by atoms with Gasteiger partial charge in [-0.3, -0.25) is 14.2 Å². The molecule has 0 amide bonds. The predicted molar refractivity (Wildman–Crippen MR) is 81.2 cm³/mol. The van der Waals surface area contributed by atoms with E-state index in [4.69, 9.17) is 14.6 Å². The van der Waals surface area contributed by atoms with E-state index >= 15 is 0 Å². The minimum atomic E-state index is -1.17. The molecule has 3 aromatic rings. The van der Waals surface area contributed by atoms with Crippen LogP contribution in [-0.2, 0) is 11.3 Å². The Labute approximate surface area is 134 Å². The van der Waals surface area contributed by atoms with Crippen molar-refractivity contribution in [2.75, 3.05) is 14.2 Å². The smallest absolute Gasteiger partial charge is 0.323 e. The molecule has 124 valence electrons. The number of hydrogen-bond acceptors (Lipinski definition) is 7. The van der Waals surface area contributed by atoms with Crippen molar-refractivity contribution in [2.24, 2.45) is 0 Å². The Morgan fingerprint density at radius 2 is 2.00 bits per heavy atom. The Morgan fingerprint density at radius 1 is 1.25 bits per heavy atom. The molecule has 0 aliphatic carbocycles. The molecule has 24 heavy (non-hydrogen) atoms. The highest BCUT2D eigenvalue weighted by atomic mass is 16.5. The van der Waals surface area contributed by atoms with Crippen LogP contribution in [0.25, 0.3) is 17.0 Å². The third kappa shape index (κ3) is 2.53. The van der Waals surface area contributed by atoms with Crippen LogP contribution in [0.2, 0.25) is 0 Å². The Hall–Kier alpha value is -3.43. The average Bonchev–Trinajstić information content (AvgIpc) is 3.04. The molecule has 2 heterocycles. The van der Waals surface area contributed by atoms with Crippen molar-refractivity contribution in [3.63, 3.8) is 0 Å². The molecule has 1 aromatic carbocycles. The molecule has 10 nitrogen and oxygen atoms in total. The van der Waals surface area contributed by atoms with Crippen molar-refractivity contribution in [1.82, 2.24) is 24.4 Å². The van der Waals surface area contributed by atoms with Crippen LogP contribution in [0.4, 0.5) is 0 Å². The maximum Gasteiger partial charge on any atom is 0.323 e. The van der Waals surface area contributed by atoms with Crippen LogP contribution in [0, 0.1) is 0 Å². The van der Waals surface area contributed by atoms with E-state index in [1.807, 2.05) is 0 Å². The minimum absolute atomic E-state index is 0.0458. The number of aliphatic carboxylic acids is 1. The van der Waals surface area contributed by atoms with E-state index in [1.165, 1.54) is 25.1 Å². The summed E-state index contributed by atoms with van der Waals surface area (Å²) < 4.78 is 12.6. The Morgan fingerprint density at radius 3 is 2.67 bits per heavy atom. The summed E-state index contributed by atoms with van der Waals surface area (Å²) in [4.78, 5) is 23.7. The fourth-order valence-electron chi connectivity index (χ4n) is 2.28. The van der Waals surface area contributed by atoms with Crippen LogP contribution < -0.4 is 15.0 Å². The zero-order valence-corrected chi connectivity index (χ0v) is 12.8. The lowest BCUT2D eigenvalue weighted by Gasteiger charge is -2.10. The number of methoxy groups -OCH3 is 2. The van der Waals surface area contributed by atoms with E-state index in [2.05, 4.69) is 15.3 Å². The fraction of sp³-hybridized carbons (Fsp3) is 0.214. The molecule has 0 spiro atoms. The van der Waals surface area contributed by atoms with Crippen LogP contribution in [0.5, 0.6) is 11.5 Å². The molecule has 0 unspecified atom stereocenters. The van der Waals surface area contributed by atoms with Crippen molar-refractivity contribution in [3.05, 3.63) is 34.9 Å². The number of carbonyl (C=O) groups is 1. The van der Waals surface area contributed by atoms with E-state index in [0.717, 1.165) is 4.57 Å². The van der Waals surface area contributed by atoms with E-state index in [0.29, 0.717) is 17.1 Å². The summed E-state index contributed by atoms with van der Waals surface area (Å²) in [6.45, 7) is -0.552. The summed E-state index contributed by atoms with van der Waals surface area (Å²) in [6.07, 6.45) is 1.29. The van der Waals surface area contributed by atoms with Crippen LogP contribution >= 0.6 is 0 Å². The van der Waals surface area contributed by atoms with Gasteiger partial charge in [0.25, 0.3) is 11.3 Å². The van der Waals surface area contributed by atoms with Crippen molar-refractivity contribution < 1.29 is 19.4 Å². The first-order valence-corrected chi connectivity index (χ1v) is 6.80. The highest BCUT2D eigenvalue weighted by Gasteiger charge is 2.17. The predicted octanol–water partition coefficient (Wildman–Crippen LogP) is 0.0548. The van der Waals surface area contributed by atoms with Gasteiger partial charge in [0.2, 0.25) is 0 Å². The van der Waals surface area contributed by atoms with E-state index in [1.54, 1.807) is 18.2 Å². The number of fused-ring (bicyclic) bond motifs is 1. The number of aromatic nitrogens is 5. The quantitative estimate of drug-likeness (QED) is 0.696. The number of nitrogens with zero attached hydrogens (tertiary/aromatic N) is 5. The largest absolute Gasteiger partial charge is 0.493 e. The first-order valence-electron chi connectivity index (χ1n) is 6.80. The van der Waals surface area contributed by atoms with Gasteiger partial charge in [-0.25, -0.2) is 0 Å². The first-order chi connectivity index (χ1) is 11.5. The number of carboxylic acid groups (broad SMARTS) is 1. The molecule has 10 heteroatoms. The second-order valence-electron chi connectivity index (χ2n) is 4.78. The second kappa shape index (κ2) is 5.99. The zero-order valence-electron chi connectivity index (χ0n) is 12.8. The SMILES string of the molecule is COc1ccc(-c2nn3cnnc3n(CC(=O)O)c2=O)cc1OC. The molecule has 0 aliphatic heterocycles. The van der Waals surface area contributed by atoms with Crippen LogP contribution in [-0.4, -0.2) is 49.7 Å². The Balaban J connectivity index is 2.25. The molecule has 0 bridgehead atoms. The van der Waals surface area contributed by atoms with Crippen LogP contribution in [0.15, 0.2) is 29.3 Å². The summed E-state index contributed by atoms with van der Waals surface area (Å²) in [5.41, 5.74) is -0.0954. The summed E-state index contributed by atoms with van der Waals surface area (Å²) in [5, 5.41) is 20.6. The number of ether oxygens (including phenoxy) is 2. The van der Waals surface area contributed by atoms with Gasteiger partial charge in [-0.05, 0) is 18.2 Å². The van der Waals surface area contributed by atoms with Gasteiger partial charge in [0.1, 0.15) is 12.9 Å². The van der Waals surface area contributed by atoms with Crippen molar-refractivity contribution in [2.45, 2.75) is 6.54 Å². The second-order valence-corrected chi connectivity index (χ2v) is 4.78. The van der Waals surface area contributed by atoms with Crippen molar-refractivity contribution in [1.29, 1.82) is 0 Å². The van der Waals surface area contributed by atoms with E-state index in [9.17, 15) is 9.59 Å². The van der Waals surface area contributed by atoms with Crippen molar-refractivity contribution >= 4 is 11.7 Å². The number of benzene rings is 1. The molecule has 0 radical (unpaired) electrons. The van der Waals surface area contributed by atoms with Crippen molar-refractivity contribution in [3.8, 4) is 22.8 Å². The standard InChI is InChI=1S/C14H13N5O5/c1-23-9-4-3-8(5-10(9)24-2)12-13(22)18(6-11(20)21)14-16-15-7-19(14)17-12/h3-5,7H,6H2,1-2H3,(H,20,21). The number of carboxylic acids is 1. The molecule has 3 rings (SSSR count). The first kappa shape index (κ1) is 15.5. The van der Waals surface area contributed by atoms with Gasteiger partial charge in [0, 0.05) is 5.56 Å². The third-order valence-electron chi connectivity index (χ3n) is 3.36. The van der Waals surface area contributed by atoms with Crippen LogP contribution in [0.1, 0.15) is 0 Å². The molecule has 0 fully saturated rings. The summed E-state index contributed by atoms with van der Waals surface area (Å²) >= 11 is 0. The summed E-state index contributed by atoms with van der Waals surface area (Å²) in [7, 11) is 2.97. The molecule has 0 saturated heterocycles. The highest BCUT2D eigenvalue weighted by molar-refractivity contribution is 5.68. The molecule has 0 aliphatic rings. The Bertz CT molecular complexity index is 977. The number of rotatable bonds is 5. The molecule has 0 atom stereocenters. The molecule has 0 saturated carbocycles. The van der Waals surface area contributed by atoms with Gasteiger partial charge in [0.15, 0.2) is 17.2 Å². The van der Waals surface area contributed by atoms with Crippen LogP contribution in [0.3, 0.4) is 0 Å². The topological polar surface area (TPSA) is 121 Å². The molecular formula is C14H13N5O5. The van der Waals surface area contributed by atoms with Gasteiger partial charge >= 0.3 is 5.97 Å². The fourth-order valence-corrected chi connectivity index (χ4v) is 2.28. The van der Waals surface area contributed by atoms with E-state index in [-0.39, 0.29) is 11.5 Å². The monoisotopic (exact) mass is 331 g/mol. The van der Waals surface area contributed by atoms with Gasteiger partial charge in [0.05, 0.1) is 14.2 Å². The maximum atomic E-state index is 12.7. The van der Waals surface area contributed by atoms with Gasteiger partial charge < -0.3 is 14.6 Å². The lowest BCUT2D eigenvalue weighted by Crippen LogP contribution is -2.29. The summed E-state index contributed by atoms with van der Waals surface area (Å²) in [6, 6.07) is 4.85. The molecule has 2 aromatic heterocycles. The molecule has 1 N–H and O–H groups in total. The normalized spacial score (nSPS) is 10.8. The Kier molecular flexibility index (Phi) is 3.86. The summed E-state index contributed by atoms with van der Waals surface area (Å²) in [5.74, 6) is -0.208. The van der Waals surface area contributed by atoms with Gasteiger partial charge in [-0.2, -0.15) is 9.61 Å². The number of hydrogen-bond donors (Lipinski definition) is 1. The maximum absolute atomic E-state index is 12.7. The van der Waals surface area contributed by atoms with Gasteiger partial charge in [-0.1, -0.05) is 0 Å². The highest BCUT2D eigenvalue weighted by Crippen LogP contribution is 2.30. The minimum Gasteiger partial charge on any atom is -0.493 e. The third-order valence-corrected chi connectivity index (χ3v) is 3.36. The molecular weight excluding hydrogens is 318 g/mol. The van der Waals surface area contributed by atoms with Gasteiger partial charge in [-0.15, -0.1) is 10.2 Å².